The van der Waals surface area contributed by atoms with Crippen molar-refractivity contribution in [3.63, 3.8) is 0 Å². The highest BCUT2D eigenvalue weighted by Crippen LogP contribution is 2.23. The largest absolute Gasteiger partial charge is 0.423 e. The maximum absolute atomic E-state index is 12.4. The minimum absolute atomic E-state index is 0.0999. The Labute approximate surface area is 219 Å². The number of carbonyl (C=O) groups excluding carboxylic acids is 2. The molecule has 0 aliphatic heterocycles. The van der Waals surface area contributed by atoms with Gasteiger partial charge in [0.2, 0.25) is 5.91 Å². The lowest BCUT2D eigenvalue weighted by atomic mass is 10.1. The van der Waals surface area contributed by atoms with Gasteiger partial charge in [0.05, 0.1) is 16.8 Å². The average molecular weight is 520 g/mol. The molecule has 2 rings (SSSR count). The molecule has 0 fully saturated rings. The summed E-state index contributed by atoms with van der Waals surface area (Å²) in [6, 6.07) is 11.4. The van der Waals surface area contributed by atoms with Crippen LogP contribution in [-0.2, 0) is 4.79 Å². The molecule has 35 heavy (non-hydrogen) atoms. The molecule has 0 heterocycles. The van der Waals surface area contributed by atoms with Crippen molar-refractivity contribution in [1.29, 1.82) is 0 Å². The predicted molar refractivity (Wildman–Crippen MR) is 145 cm³/mol. The van der Waals surface area contributed by atoms with Gasteiger partial charge >= 0.3 is 5.97 Å². The van der Waals surface area contributed by atoms with Crippen molar-refractivity contribution in [3.8, 4) is 5.75 Å². The molecule has 0 unspecified atom stereocenters. The van der Waals surface area contributed by atoms with E-state index in [2.05, 4.69) is 17.5 Å². The number of unbranched alkanes of at least 4 members (excludes halogenated alkanes) is 10. The van der Waals surface area contributed by atoms with E-state index in [0.29, 0.717) is 22.8 Å². The average Bonchev–Trinajstić information content (AvgIpc) is 2.82. The van der Waals surface area contributed by atoms with Crippen molar-refractivity contribution >= 4 is 41.3 Å². The molecule has 190 valence electrons. The van der Waals surface area contributed by atoms with Crippen molar-refractivity contribution in [3.05, 3.63) is 63.6 Å². The van der Waals surface area contributed by atoms with E-state index in [1.807, 2.05) is 0 Å². The summed E-state index contributed by atoms with van der Waals surface area (Å²) < 4.78 is 5.40. The number of halogens is 2. The Kier molecular flexibility index (Phi) is 14.1. The molecule has 0 aliphatic carbocycles. The Morgan fingerprint density at radius 3 is 2.20 bits per heavy atom. The zero-order valence-electron chi connectivity index (χ0n) is 20.5. The number of esters is 1. The lowest BCUT2D eigenvalue weighted by Gasteiger charge is -2.07. The number of hydrogen-bond acceptors (Lipinski definition) is 4. The molecule has 0 aliphatic rings. The Morgan fingerprint density at radius 1 is 0.886 bits per heavy atom. The Balaban J connectivity index is 1.63. The van der Waals surface area contributed by atoms with Crippen LogP contribution < -0.4 is 10.2 Å². The zero-order valence-corrected chi connectivity index (χ0v) is 22.0. The van der Waals surface area contributed by atoms with Gasteiger partial charge in [0, 0.05) is 11.4 Å². The fraction of sp³-hybridized carbons (Fsp3) is 0.464. The molecular weight excluding hydrogens is 483 g/mol. The third kappa shape index (κ3) is 12.2. The standard InChI is InChI=1S/C28H36Cl2N2O3/c1-2-3-4-5-6-7-8-9-10-11-12-16-27(33)32-31-21-22-14-13-15-24(19-22)35-28(34)25-18-17-23(29)20-26(25)30/h13-15,17-21H,2-12,16H2,1H3,(H,32,33). The second kappa shape index (κ2) is 17.1. The summed E-state index contributed by atoms with van der Waals surface area (Å²) in [7, 11) is 0. The minimum Gasteiger partial charge on any atom is -0.423 e. The summed E-state index contributed by atoms with van der Waals surface area (Å²) in [5.41, 5.74) is 3.47. The van der Waals surface area contributed by atoms with Crippen molar-refractivity contribution in [2.24, 2.45) is 5.10 Å². The smallest absolute Gasteiger partial charge is 0.345 e. The molecule has 0 saturated carbocycles. The van der Waals surface area contributed by atoms with Gasteiger partial charge in [-0.1, -0.05) is 106 Å². The number of nitrogens with one attached hydrogen (secondary N) is 1. The van der Waals surface area contributed by atoms with E-state index in [0.717, 1.165) is 12.8 Å². The van der Waals surface area contributed by atoms with E-state index in [1.54, 1.807) is 30.3 Å². The Hall–Kier alpha value is -2.37. The fourth-order valence-electron chi connectivity index (χ4n) is 3.66. The minimum atomic E-state index is -0.582. The van der Waals surface area contributed by atoms with Crippen LogP contribution in [0.5, 0.6) is 5.75 Å². The molecule has 2 aromatic carbocycles. The highest BCUT2D eigenvalue weighted by molar-refractivity contribution is 6.36. The van der Waals surface area contributed by atoms with Gasteiger partial charge in [-0.25, -0.2) is 10.2 Å². The van der Waals surface area contributed by atoms with E-state index in [1.165, 1.54) is 76.1 Å². The molecule has 7 heteroatoms. The number of benzene rings is 2. The van der Waals surface area contributed by atoms with Gasteiger partial charge in [-0.05, 0) is 42.3 Å². The lowest BCUT2D eigenvalue weighted by molar-refractivity contribution is -0.121. The van der Waals surface area contributed by atoms with Gasteiger partial charge in [0.1, 0.15) is 5.75 Å². The van der Waals surface area contributed by atoms with Gasteiger partial charge in [-0.15, -0.1) is 0 Å². The maximum Gasteiger partial charge on any atom is 0.345 e. The van der Waals surface area contributed by atoms with E-state index >= 15 is 0 Å². The van der Waals surface area contributed by atoms with Crippen LogP contribution in [0.15, 0.2) is 47.6 Å². The van der Waals surface area contributed by atoms with Crippen LogP contribution in [-0.4, -0.2) is 18.1 Å². The van der Waals surface area contributed by atoms with Crippen LogP contribution in [0.25, 0.3) is 0 Å². The summed E-state index contributed by atoms with van der Waals surface area (Å²) in [6.07, 6.45) is 15.7. The molecule has 5 nitrogen and oxygen atoms in total. The number of nitrogens with zero attached hydrogens (tertiary/aromatic N) is 1. The summed E-state index contributed by atoms with van der Waals surface area (Å²) in [5, 5.41) is 4.68. The van der Waals surface area contributed by atoms with Crippen LogP contribution in [0.1, 0.15) is 99.9 Å². The second-order valence-electron chi connectivity index (χ2n) is 8.66. The SMILES string of the molecule is CCCCCCCCCCCCCC(=O)NN=Cc1cccc(OC(=O)c2ccc(Cl)cc2Cl)c1. The monoisotopic (exact) mass is 518 g/mol. The third-order valence-corrected chi connectivity index (χ3v) is 6.18. The molecule has 0 aromatic heterocycles. The third-order valence-electron chi connectivity index (χ3n) is 5.63. The highest BCUT2D eigenvalue weighted by Gasteiger charge is 2.13. The van der Waals surface area contributed by atoms with Crippen LogP contribution in [0.3, 0.4) is 0 Å². The van der Waals surface area contributed by atoms with Crippen molar-refractivity contribution < 1.29 is 14.3 Å². The Bertz CT molecular complexity index is 963. The first kappa shape index (κ1) is 28.9. The summed E-state index contributed by atoms with van der Waals surface area (Å²) in [4.78, 5) is 24.4. The summed E-state index contributed by atoms with van der Waals surface area (Å²) in [5.74, 6) is -0.338. The maximum atomic E-state index is 12.4. The normalized spacial score (nSPS) is 11.1. The van der Waals surface area contributed by atoms with E-state index in [9.17, 15) is 9.59 Å². The van der Waals surface area contributed by atoms with Gasteiger partial charge in [-0.2, -0.15) is 5.10 Å². The highest BCUT2D eigenvalue weighted by atomic mass is 35.5. The first-order chi connectivity index (χ1) is 17.0. The number of carbonyl (C=O) groups is 2. The van der Waals surface area contributed by atoms with Crippen LogP contribution in [0, 0.1) is 0 Å². The zero-order chi connectivity index (χ0) is 25.3. The van der Waals surface area contributed by atoms with Gasteiger partial charge in [0.15, 0.2) is 0 Å². The molecule has 1 amide bonds. The van der Waals surface area contributed by atoms with E-state index in [4.69, 9.17) is 27.9 Å². The Morgan fingerprint density at radius 2 is 1.54 bits per heavy atom. The van der Waals surface area contributed by atoms with E-state index in [-0.39, 0.29) is 16.5 Å². The quantitative estimate of drug-likeness (QED) is 0.0797. The molecule has 0 saturated heterocycles. The molecule has 0 atom stereocenters. The van der Waals surface area contributed by atoms with Crippen molar-refractivity contribution in [1.82, 2.24) is 5.43 Å². The number of rotatable bonds is 16. The molecule has 0 bridgehead atoms. The number of hydrazone groups is 1. The second-order valence-corrected chi connectivity index (χ2v) is 9.51. The number of amides is 1. The number of ether oxygens (including phenoxy) is 1. The van der Waals surface area contributed by atoms with Crippen LogP contribution >= 0.6 is 23.2 Å². The molecular formula is C28H36Cl2N2O3. The first-order valence-electron chi connectivity index (χ1n) is 12.6. The number of hydrogen-bond donors (Lipinski definition) is 1. The van der Waals surface area contributed by atoms with Gasteiger partial charge in [-0.3, -0.25) is 4.79 Å². The van der Waals surface area contributed by atoms with E-state index < -0.39 is 5.97 Å². The van der Waals surface area contributed by atoms with Gasteiger partial charge in [0.25, 0.3) is 0 Å². The molecule has 1 N–H and O–H groups in total. The van der Waals surface area contributed by atoms with Crippen LogP contribution in [0.2, 0.25) is 10.0 Å². The van der Waals surface area contributed by atoms with Crippen molar-refractivity contribution in [2.75, 3.05) is 0 Å². The predicted octanol–water partition coefficient (Wildman–Crippen LogP) is 8.36. The molecule has 2 aromatic rings. The topological polar surface area (TPSA) is 67.8 Å². The summed E-state index contributed by atoms with van der Waals surface area (Å²) >= 11 is 11.9. The van der Waals surface area contributed by atoms with Crippen molar-refractivity contribution in [2.45, 2.75) is 84.0 Å². The molecule has 0 radical (unpaired) electrons. The van der Waals surface area contributed by atoms with Crippen LogP contribution in [0.4, 0.5) is 0 Å². The first-order valence-corrected chi connectivity index (χ1v) is 13.3. The molecule has 0 spiro atoms. The van der Waals surface area contributed by atoms with Gasteiger partial charge < -0.3 is 4.74 Å². The lowest BCUT2D eigenvalue weighted by Crippen LogP contribution is -2.16. The fourth-order valence-corrected chi connectivity index (χ4v) is 4.15. The summed E-state index contributed by atoms with van der Waals surface area (Å²) in [6.45, 7) is 2.24.